The molecule has 0 amide bonds. The molecule has 3 aliphatic heterocycles. The van der Waals surface area contributed by atoms with Gasteiger partial charge >= 0.3 is 12.4 Å². The van der Waals surface area contributed by atoms with Crippen LogP contribution in [0.3, 0.4) is 0 Å². The van der Waals surface area contributed by atoms with E-state index in [0.29, 0.717) is 53.9 Å². The largest absolute Gasteiger partial charge is 0.497 e. The normalized spacial score (nSPS) is 23.0. The molecule has 3 aliphatic rings. The number of ether oxygens (including phenoxy) is 1. The third kappa shape index (κ3) is 4.93. The van der Waals surface area contributed by atoms with E-state index in [1.165, 1.54) is 13.3 Å². The summed E-state index contributed by atoms with van der Waals surface area (Å²) in [7, 11) is 1.48. The second kappa shape index (κ2) is 10.3. The van der Waals surface area contributed by atoms with Crippen LogP contribution in [0.1, 0.15) is 41.0 Å². The van der Waals surface area contributed by atoms with Gasteiger partial charge in [0, 0.05) is 41.2 Å². The SMILES string of the molecule is C=C[C@H]1CN2CCC1C[C@H]2[C@H](c1c(-c2cc(C(F)(F)F)cc(C(F)(F)F)c2)c(=O)c1=O)c1ccnc2ccc(OC)cc12. The number of pyridine rings is 1. The highest BCUT2D eigenvalue weighted by atomic mass is 19.4. The summed E-state index contributed by atoms with van der Waals surface area (Å²) in [6, 6.07) is 7.54. The average Bonchev–Trinajstić information content (AvgIpc) is 2.99. The molecule has 3 saturated heterocycles. The van der Waals surface area contributed by atoms with Crippen LogP contribution in [-0.2, 0) is 12.4 Å². The van der Waals surface area contributed by atoms with E-state index in [1.54, 1.807) is 24.3 Å². The zero-order valence-corrected chi connectivity index (χ0v) is 22.9. The van der Waals surface area contributed by atoms with Crippen molar-refractivity contribution in [3.05, 3.63) is 104 Å². The lowest BCUT2D eigenvalue weighted by Gasteiger charge is -2.52. The van der Waals surface area contributed by atoms with Crippen LogP contribution in [-0.4, -0.2) is 36.1 Å². The summed E-state index contributed by atoms with van der Waals surface area (Å²) in [5.74, 6) is 0.0914. The van der Waals surface area contributed by atoms with Gasteiger partial charge < -0.3 is 4.74 Å². The summed E-state index contributed by atoms with van der Waals surface area (Å²) in [5, 5.41) is 0.605. The Morgan fingerprint density at radius 1 is 1.00 bits per heavy atom. The highest BCUT2D eigenvalue weighted by molar-refractivity contribution is 5.86. The smallest absolute Gasteiger partial charge is 0.416 e. The molecule has 224 valence electrons. The van der Waals surface area contributed by atoms with Crippen molar-refractivity contribution in [2.24, 2.45) is 11.8 Å². The first-order valence-electron chi connectivity index (χ1n) is 13.7. The van der Waals surface area contributed by atoms with Gasteiger partial charge in [-0.2, -0.15) is 26.3 Å². The van der Waals surface area contributed by atoms with Crippen molar-refractivity contribution in [1.82, 2.24) is 9.88 Å². The maximum Gasteiger partial charge on any atom is 0.416 e. The van der Waals surface area contributed by atoms with Crippen molar-refractivity contribution < 1.29 is 31.1 Å². The lowest BCUT2D eigenvalue weighted by molar-refractivity contribution is -0.143. The summed E-state index contributed by atoms with van der Waals surface area (Å²) in [5.41, 5.74) is -5.06. The summed E-state index contributed by atoms with van der Waals surface area (Å²) in [6.45, 7) is 5.27. The highest BCUT2D eigenvalue weighted by Crippen LogP contribution is 2.47. The topological polar surface area (TPSA) is 59.5 Å². The molecular weight excluding hydrogens is 574 g/mol. The summed E-state index contributed by atoms with van der Waals surface area (Å²) in [6.07, 6.45) is -5.32. The van der Waals surface area contributed by atoms with Crippen LogP contribution in [0.4, 0.5) is 26.3 Å². The first kappa shape index (κ1) is 29.1. The van der Waals surface area contributed by atoms with Gasteiger partial charge in [-0.3, -0.25) is 19.5 Å². The molecule has 2 bridgehead atoms. The Hall–Kier alpha value is -3.99. The number of benzene rings is 2. The quantitative estimate of drug-likeness (QED) is 0.142. The molecule has 0 aliphatic carbocycles. The van der Waals surface area contributed by atoms with E-state index in [2.05, 4.69) is 16.5 Å². The Balaban J connectivity index is 1.61. The third-order valence-electron chi connectivity index (χ3n) is 8.99. The molecule has 5 nitrogen and oxygen atoms in total. The summed E-state index contributed by atoms with van der Waals surface area (Å²) in [4.78, 5) is 33.1. The van der Waals surface area contributed by atoms with Gasteiger partial charge in [-0.15, -0.1) is 6.58 Å². The molecule has 11 heteroatoms. The summed E-state index contributed by atoms with van der Waals surface area (Å²) < 4.78 is 87.9. The minimum absolute atomic E-state index is 0.00997. The number of halogens is 6. The van der Waals surface area contributed by atoms with E-state index in [-0.39, 0.29) is 29.5 Å². The second-order valence-corrected chi connectivity index (χ2v) is 11.2. The number of hydrogen-bond donors (Lipinski definition) is 0. The van der Waals surface area contributed by atoms with Crippen LogP contribution >= 0.6 is 0 Å². The molecule has 1 aromatic heterocycles. The van der Waals surface area contributed by atoms with Crippen LogP contribution in [0.25, 0.3) is 22.0 Å². The second-order valence-electron chi connectivity index (χ2n) is 11.2. The molecule has 43 heavy (non-hydrogen) atoms. The fraction of sp³-hybridized carbons (Fsp3) is 0.344. The number of rotatable bonds is 6. The molecular formula is C32H26F6N2O3. The van der Waals surface area contributed by atoms with Crippen LogP contribution < -0.4 is 15.6 Å². The van der Waals surface area contributed by atoms with Crippen molar-refractivity contribution in [3.8, 4) is 16.9 Å². The van der Waals surface area contributed by atoms with Crippen LogP contribution in [0.2, 0.25) is 0 Å². The molecule has 0 radical (unpaired) electrons. The van der Waals surface area contributed by atoms with Gasteiger partial charge in [0.05, 0.1) is 23.8 Å². The minimum atomic E-state index is -5.11. The van der Waals surface area contributed by atoms with Crippen molar-refractivity contribution >= 4 is 10.9 Å². The maximum atomic E-state index is 13.8. The average molecular weight is 601 g/mol. The van der Waals surface area contributed by atoms with Gasteiger partial charge in [0.2, 0.25) is 10.9 Å². The van der Waals surface area contributed by atoms with Crippen LogP contribution in [0.15, 0.2) is 70.9 Å². The van der Waals surface area contributed by atoms with Crippen molar-refractivity contribution in [2.75, 3.05) is 20.2 Å². The minimum Gasteiger partial charge on any atom is -0.497 e. The van der Waals surface area contributed by atoms with E-state index in [1.807, 2.05) is 6.08 Å². The lowest BCUT2D eigenvalue weighted by atomic mass is 9.68. The number of alkyl halides is 6. The number of fused-ring (bicyclic) bond motifs is 4. The molecule has 3 aromatic carbocycles. The Morgan fingerprint density at radius 3 is 2.28 bits per heavy atom. The maximum absolute atomic E-state index is 13.8. The monoisotopic (exact) mass is 600 g/mol. The van der Waals surface area contributed by atoms with E-state index < -0.39 is 51.4 Å². The number of methoxy groups -OCH3 is 1. The molecule has 4 heterocycles. The van der Waals surface area contributed by atoms with Crippen molar-refractivity contribution in [3.63, 3.8) is 0 Å². The van der Waals surface area contributed by atoms with Gasteiger partial charge in [0.15, 0.2) is 0 Å². The lowest BCUT2D eigenvalue weighted by Crippen LogP contribution is -2.56. The zero-order chi connectivity index (χ0) is 30.8. The molecule has 0 saturated carbocycles. The van der Waals surface area contributed by atoms with E-state index in [4.69, 9.17) is 4.74 Å². The Kier molecular flexibility index (Phi) is 6.99. The van der Waals surface area contributed by atoms with Crippen molar-refractivity contribution in [2.45, 2.75) is 37.2 Å². The van der Waals surface area contributed by atoms with E-state index >= 15 is 0 Å². The molecule has 7 rings (SSSR count). The van der Waals surface area contributed by atoms with Gasteiger partial charge in [-0.1, -0.05) is 6.08 Å². The predicted molar refractivity (Wildman–Crippen MR) is 149 cm³/mol. The first-order valence-corrected chi connectivity index (χ1v) is 13.7. The van der Waals surface area contributed by atoms with Crippen molar-refractivity contribution in [1.29, 1.82) is 0 Å². The first-order chi connectivity index (χ1) is 20.3. The van der Waals surface area contributed by atoms with Gasteiger partial charge in [-0.25, -0.2) is 0 Å². The Morgan fingerprint density at radius 2 is 1.70 bits per heavy atom. The summed E-state index contributed by atoms with van der Waals surface area (Å²) >= 11 is 0. The van der Waals surface area contributed by atoms with Gasteiger partial charge in [0.25, 0.3) is 0 Å². The zero-order valence-electron chi connectivity index (χ0n) is 22.9. The molecule has 2 unspecified atom stereocenters. The van der Waals surface area contributed by atoms with Gasteiger partial charge in [-0.05, 0) is 84.8 Å². The highest BCUT2D eigenvalue weighted by Gasteiger charge is 2.46. The molecule has 0 N–H and O–H groups in total. The Bertz CT molecular complexity index is 1770. The fourth-order valence-electron chi connectivity index (χ4n) is 6.92. The molecule has 4 aromatic rings. The number of nitrogens with zero attached hydrogens (tertiary/aromatic N) is 2. The number of aromatic nitrogens is 1. The molecule has 5 atom stereocenters. The van der Waals surface area contributed by atoms with Crippen LogP contribution in [0.5, 0.6) is 5.75 Å². The Labute approximate surface area is 242 Å². The molecule has 0 spiro atoms. The van der Waals surface area contributed by atoms with Crippen LogP contribution in [0, 0.1) is 11.8 Å². The van der Waals surface area contributed by atoms with E-state index in [0.717, 1.165) is 6.42 Å². The number of hydrogen-bond acceptors (Lipinski definition) is 5. The predicted octanol–water partition coefficient (Wildman–Crippen LogP) is 6.57. The standard InChI is InChI=1S/C32H26F6N2O3/c1-3-16-15-40-9-7-17(16)12-25(40)27(22-6-8-39-24-5-4-21(43-2)14-23(22)24)28-26(29(41)30(28)42)18-10-19(31(33,34)35)13-20(11-18)32(36,37)38/h3-6,8,10-11,13-14,16-17,25,27H,1,7,9,12,15H2,2H3/t16-,17?,25-,27+/m0/s1. The van der Waals surface area contributed by atoms with E-state index in [9.17, 15) is 35.9 Å². The third-order valence-corrected chi connectivity index (χ3v) is 8.99. The molecule has 3 fully saturated rings. The number of piperidine rings is 3. The fourth-order valence-corrected chi connectivity index (χ4v) is 6.92. The van der Waals surface area contributed by atoms with Gasteiger partial charge in [0.1, 0.15) is 5.75 Å².